The van der Waals surface area contributed by atoms with E-state index in [9.17, 15) is 10.2 Å². The van der Waals surface area contributed by atoms with Crippen LogP contribution in [0.3, 0.4) is 0 Å². The van der Waals surface area contributed by atoms with Crippen LogP contribution >= 0.6 is 0 Å². The van der Waals surface area contributed by atoms with Gasteiger partial charge in [-0.3, -0.25) is 0 Å². The molecule has 0 aliphatic heterocycles. The molecular formula is C38H60N2O2. The van der Waals surface area contributed by atoms with E-state index < -0.39 is 0 Å². The van der Waals surface area contributed by atoms with Gasteiger partial charge < -0.3 is 10.2 Å². The first kappa shape index (κ1) is 35.6. The molecule has 0 bridgehead atoms. The Morgan fingerprint density at radius 3 is 1.12 bits per heavy atom. The zero-order chi connectivity index (χ0) is 30.4. The lowest BCUT2D eigenvalue weighted by atomic mass is 9.99. The summed E-state index contributed by atoms with van der Waals surface area (Å²) >= 11 is 0. The predicted molar refractivity (Wildman–Crippen MR) is 182 cm³/mol. The smallest absolute Gasteiger partial charge is 0.124 e. The molecule has 2 aromatic carbocycles. The molecule has 4 nitrogen and oxygen atoms in total. The molecule has 42 heavy (non-hydrogen) atoms. The molecule has 2 aromatic rings. The number of unbranched alkanes of at least 4 members (excludes halogenated alkanes) is 16. The molecule has 0 saturated heterocycles. The Morgan fingerprint density at radius 2 is 0.786 bits per heavy atom. The Morgan fingerprint density at radius 1 is 0.476 bits per heavy atom. The first-order valence-electron chi connectivity index (χ1n) is 17.2. The number of hydrogen-bond acceptors (Lipinski definition) is 4. The van der Waals surface area contributed by atoms with Gasteiger partial charge in [-0.2, -0.15) is 10.2 Å². The molecule has 2 rings (SSSR count). The second-order valence-electron chi connectivity index (χ2n) is 12.3. The molecule has 234 valence electrons. The van der Waals surface area contributed by atoms with E-state index in [2.05, 4.69) is 13.8 Å². The van der Waals surface area contributed by atoms with Crippen LogP contribution in [0.2, 0.25) is 0 Å². The van der Waals surface area contributed by atoms with Gasteiger partial charge in [0, 0.05) is 11.1 Å². The van der Waals surface area contributed by atoms with Gasteiger partial charge in [-0.25, -0.2) is 0 Å². The number of benzene rings is 2. The third-order valence-electron chi connectivity index (χ3n) is 8.25. The van der Waals surface area contributed by atoms with Gasteiger partial charge in [0.15, 0.2) is 0 Å². The monoisotopic (exact) mass is 576 g/mol. The van der Waals surface area contributed by atoms with Crippen LogP contribution in [-0.2, 0) is 0 Å². The number of rotatable bonds is 23. The van der Waals surface area contributed by atoms with Crippen molar-refractivity contribution in [2.45, 2.75) is 156 Å². The Labute approximate surface area is 257 Å². The minimum absolute atomic E-state index is 0.254. The topological polar surface area (TPSA) is 65.2 Å². The van der Waals surface area contributed by atoms with Crippen molar-refractivity contribution >= 4 is 11.4 Å². The Hall–Kier alpha value is -2.62. The van der Waals surface area contributed by atoms with Crippen LogP contribution in [0.5, 0.6) is 11.5 Å². The maximum Gasteiger partial charge on any atom is 0.124 e. The predicted octanol–water partition coefficient (Wildman–Crippen LogP) is 11.7. The lowest BCUT2D eigenvalue weighted by molar-refractivity contribution is 0.473. The highest BCUT2D eigenvalue weighted by Gasteiger charge is 2.13. The molecule has 0 saturated carbocycles. The summed E-state index contributed by atoms with van der Waals surface area (Å²) in [7, 11) is 0. The Bertz CT molecular complexity index is 987. The number of phenolic OH excluding ortho intramolecular Hbond substituents is 2. The van der Waals surface area contributed by atoms with Crippen molar-refractivity contribution in [2.75, 3.05) is 0 Å². The molecule has 0 fully saturated rings. The van der Waals surface area contributed by atoms with E-state index >= 15 is 0 Å². The summed E-state index contributed by atoms with van der Waals surface area (Å²) in [6, 6.07) is 11.4. The summed E-state index contributed by atoms with van der Waals surface area (Å²) < 4.78 is 0. The normalized spacial score (nSPS) is 12.3. The van der Waals surface area contributed by atoms with Crippen molar-refractivity contribution in [1.82, 2.24) is 0 Å². The van der Waals surface area contributed by atoms with E-state index in [1.54, 1.807) is 12.1 Å². The summed E-state index contributed by atoms with van der Waals surface area (Å²) in [6.07, 6.45) is 24.3. The second kappa shape index (κ2) is 22.0. The van der Waals surface area contributed by atoms with E-state index in [1.807, 2.05) is 38.1 Å². The molecule has 4 heteroatoms. The molecule has 0 radical (unpaired) electrons. The molecule has 0 aliphatic carbocycles. The zero-order valence-corrected chi connectivity index (χ0v) is 27.4. The third-order valence-corrected chi connectivity index (χ3v) is 8.25. The molecular weight excluding hydrogens is 516 g/mol. The average molecular weight is 577 g/mol. The van der Waals surface area contributed by atoms with Crippen LogP contribution in [0, 0.1) is 13.8 Å². The highest BCUT2D eigenvalue weighted by molar-refractivity contribution is 6.05. The minimum Gasteiger partial charge on any atom is -0.507 e. The standard InChI is InChI=1S/C38H60N2O2/c1-5-7-9-11-13-15-17-19-21-23-35(33-29-31(3)25-27-37(33)41)39-40-36(34-30-32(4)26-28-38(34)42)24-22-20-18-16-14-12-10-8-6-2/h25-30,41-42H,5-24H2,1-4H3/b39-35-,40-36-. The summed E-state index contributed by atoms with van der Waals surface area (Å²) in [4.78, 5) is 0. The zero-order valence-electron chi connectivity index (χ0n) is 27.4. The van der Waals surface area contributed by atoms with E-state index in [0.717, 1.165) is 72.2 Å². The van der Waals surface area contributed by atoms with E-state index in [1.165, 1.54) is 89.9 Å². The molecule has 0 amide bonds. The highest BCUT2D eigenvalue weighted by atomic mass is 16.3. The number of aromatic hydroxyl groups is 2. The Kier molecular flexibility index (Phi) is 18.6. The van der Waals surface area contributed by atoms with Gasteiger partial charge in [0.2, 0.25) is 0 Å². The molecule has 0 aromatic heterocycles. The minimum atomic E-state index is 0.254. The van der Waals surface area contributed by atoms with Crippen molar-refractivity contribution in [1.29, 1.82) is 0 Å². The SMILES string of the molecule is CCCCCCCCCCC/C(=N/N=C(/CCCCCCCCCCC)c1cc(C)ccc1O)c1cc(C)ccc1O. The van der Waals surface area contributed by atoms with Crippen LogP contribution in [-0.4, -0.2) is 21.6 Å². The van der Waals surface area contributed by atoms with Crippen molar-refractivity contribution in [3.63, 3.8) is 0 Å². The third kappa shape index (κ3) is 14.5. The molecule has 0 heterocycles. The van der Waals surface area contributed by atoms with Gasteiger partial charge in [0.05, 0.1) is 11.4 Å². The first-order valence-corrected chi connectivity index (χ1v) is 17.2. The summed E-state index contributed by atoms with van der Waals surface area (Å²) in [5, 5.41) is 31.1. The van der Waals surface area contributed by atoms with Crippen molar-refractivity contribution in [3.8, 4) is 11.5 Å². The molecule has 0 aliphatic rings. The van der Waals surface area contributed by atoms with Gasteiger partial charge in [0.25, 0.3) is 0 Å². The maximum atomic E-state index is 10.7. The van der Waals surface area contributed by atoms with Gasteiger partial charge in [-0.1, -0.05) is 140 Å². The maximum absolute atomic E-state index is 10.7. The van der Waals surface area contributed by atoms with Crippen molar-refractivity contribution < 1.29 is 10.2 Å². The lowest BCUT2D eigenvalue weighted by Gasteiger charge is -2.11. The quantitative estimate of drug-likeness (QED) is 0.0785. The van der Waals surface area contributed by atoms with Crippen LogP contribution < -0.4 is 0 Å². The van der Waals surface area contributed by atoms with Crippen LogP contribution in [0.25, 0.3) is 0 Å². The van der Waals surface area contributed by atoms with E-state index in [4.69, 9.17) is 10.2 Å². The molecule has 0 unspecified atom stereocenters. The fraction of sp³-hybridized carbons (Fsp3) is 0.632. The molecule has 2 N–H and O–H groups in total. The summed E-state index contributed by atoms with van der Waals surface area (Å²) in [6.45, 7) is 8.61. The highest BCUT2D eigenvalue weighted by Crippen LogP contribution is 2.25. The number of nitrogens with zero attached hydrogens (tertiary/aromatic N) is 2. The largest absolute Gasteiger partial charge is 0.507 e. The number of hydrogen-bond donors (Lipinski definition) is 2. The summed E-state index contributed by atoms with van der Waals surface area (Å²) in [5.41, 5.74) is 5.39. The average Bonchev–Trinajstić information content (AvgIpc) is 2.98. The lowest BCUT2D eigenvalue weighted by Crippen LogP contribution is -2.05. The van der Waals surface area contributed by atoms with Gasteiger partial charge >= 0.3 is 0 Å². The van der Waals surface area contributed by atoms with Gasteiger partial charge in [-0.15, -0.1) is 0 Å². The van der Waals surface area contributed by atoms with Crippen molar-refractivity contribution in [2.24, 2.45) is 10.2 Å². The van der Waals surface area contributed by atoms with Crippen LogP contribution in [0.15, 0.2) is 46.6 Å². The van der Waals surface area contributed by atoms with Gasteiger partial charge in [-0.05, 0) is 63.8 Å². The van der Waals surface area contributed by atoms with Crippen LogP contribution in [0.4, 0.5) is 0 Å². The fourth-order valence-corrected chi connectivity index (χ4v) is 5.57. The van der Waals surface area contributed by atoms with Gasteiger partial charge in [0.1, 0.15) is 11.5 Å². The molecule has 0 atom stereocenters. The van der Waals surface area contributed by atoms with E-state index in [0.29, 0.717) is 0 Å². The Balaban J connectivity index is 2.13. The number of aryl methyl sites for hydroxylation is 2. The summed E-state index contributed by atoms with van der Waals surface area (Å²) in [5.74, 6) is 0.508. The van der Waals surface area contributed by atoms with Crippen molar-refractivity contribution in [3.05, 3.63) is 58.7 Å². The molecule has 0 spiro atoms. The van der Waals surface area contributed by atoms with Crippen LogP contribution in [0.1, 0.15) is 165 Å². The van der Waals surface area contributed by atoms with E-state index in [-0.39, 0.29) is 11.5 Å². The first-order chi connectivity index (χ1) is 20.5. The number of phenols is 2. The fourth-order valence-electron chi connectivity index (χ4n) is 5.57. The second-order valence-corrected chi connectivity index (χ2v) is 12.3.